The fraction of sp³-hybridized carbons (Fsp3) is 0.435. The first-order chi connectivity index (χ1) is 16.0. The van der Waals surface area contributed by atoms with Crippen LogP contribution in [0.5, 0.6) is 5.75 Å². The molecule has 3 heterocycles. The summed E-state index contributed by atoms with van der Waals surface area (Å²) in [5.41, 5.74) is 0.618. The molecule has 0 saturated carbocycles. The fourth-order valence-corrected chi connectivity index (χ4v) is 5.55. The predicted octanol–water partition coefficient (Wildman–Crippen LogP) is 1.67. The number of benzene rings is 1. The minimum atomic E-state index is -3.73. The Morgan fingerprint density at radius 3 is 2.52 bits per heavy atom. The van der Waals surface area contributed by atoms with Gasteiger partial charge in [0, 0.05) is 45.3 Å². The number of piperazine rings is 1. The van der Waals surface area contributed by atoms with Gasteiger partial charge in [0.05, 0.1) is 33.1 Å². The smallest absolute Gasteiger partial charge is 0.246 e. The topological polar surface area (TPSA) is 92.5 Å². The summed E-state index contributed by atoms with van der Waals surface area (Å²) in [6.45, 7) is 4.86. The molecule has 9 nitrogen and oxygen atoms in total. The van der Waals surface area contributed by atoms with Crippen LogP contribution in [-0.2, 0) is 26.1 Å². The molecular formula is C23H29N3O6S. The van der Waals surface area contributed by atoms with E-state index in [1.807, 2.05) is 12.1 Å². The Labute approximate surface area is 194 Å². The number of morpholine rings is 1. The molecule has 0 spiro atoms. The highest BCUT2D eigenvalue weighted by Crippen LogP contribution is 2.29. The molecule has 0 aliphatic carbocycles. The lowest BCUT2D eigenvalue weighted by molar-refractivity contribution is -0.127. The maximum atomic E-state index is 13.1. The van der Waals surface area contributed by atoms with Gasteiger partial charge < -0.3 is 18.8 Å². The molecule has 10 heteroatoms. The summed E-state index contributed by atoms with van der Waals surface area (Å²) in [4.78, 5) is 16.8. The number of amides is 1. The lowest BCUT2D eigenvalue weighted by Gasteiger charge is -2.33. The Bertz CT molecular complexity index is 1070. The van der Waals surface area contributed by atoms with Gasteiger partial charge in [0.2, 0.25) is 15.9 Å². The average Bonchev–Trinajstić information content (AvgIpc) is 3.36. The van der Waals surface area contributed by atoms with E-state index >= 15 is 0 Å². The van der Waals surface area contributed by atoms with E-state index in [2.05, 4.69) is 4.90 Å². The summed E-state index contributed by atoms with van der Waals surface area (Å²) in [7, 11) is -2.29. The highest BCUT2D eigenvalue weighted by atomic mass is 32.2. The van der Waals surface area contributed by atoms with Gasteiger partial charge in [-0.15, -0.1) is 0 Å². The van der Waals surface area contributed by atoms with Crippen LogP contribution in [0.25, 0.3) is 6.08 Å². The van der Waals surface area contributed by atoms with Gasteiger partial charge in [-0.2, -0.15) is 4.31 Å². The van der Waals surface area contributed by atoms with E-state index in [-0.39, 0.29) is 16.6 Å². The van der Waals surface area contributed by atoms with Gasteiger partial charge in [0.25, 0.3) is 0 Å². The zero-order chi connectivity index (χ0) is 23.3. The van der Waals surface area contributed by atoms with Crippen molar-refractivity contribution in [3.8, 4) is 5.75 Å². The number of methoxy groups -OCH3 is 1. The number of carbonyl (C=O) groups excluding carboxylic acids is 1. The van der Waals surface area contributed by atoms with Crippen molar-refractivity contribution in [1.82, 2.24) is 14.1 Å². The van der Waals surface area contributed by atoms with Gasteiger partial charge in [-0.25, -0.2) is 8.42 Å². The third-order valence-electron chi connectivity index (χ3n) is 5.84. The van der Waals surface area contributed by atoms with Gasteiger partial charge in [-0.05, 0) is 35.9 Å². The van der Waals surface area contributed by atoms with Crippen LogP contribution in [0, 0.1) is 0 Å². The van der Waals surface area contributed by atoms with Crippen LogP contribution in [0.1, 0.15) is 11.3 Å². The molecule has 2 aliphatic heterocycles. The fourth-order valence-electron chi connectivity index (χ4n) is 3.95. The van der Waals surface area contributed by atoms with Crippen molar-refractivity contribution < 1.29 is 27.1 Å². The molecule has 178 valence electrons. The summed E-state index contributed by atoms with van der Waals surface area (Å²) in [6.07, 6.45) is 4.81. The SMILES string of the molecule is COc1ccc(C=CC(=O)N2CCN(Cc3ccco3)CC2)cc1S(=O)(=O)N1CCOCC1. The van der Waals surface area contributed by atoms with Gasteiger partial charge >= 0.3 is 0 Å². The van der Waals surface area contributed by atoms with Crippen molar-refractivity contribution in [1.29, 1.82) is 0 Å². The monoisotopic (exact) mass is 475 g/mol. The van der Waals surface area contributed by atoms with Crippen molar-refractivity contribution in [2.24, 2.45) is 0 Å². The molecule has 0 bridgehead atoms. The number of carbonyl (C=O) groups is 1. The minimum Gasteiger partial charge on any atom is -0.495 e. The molecule has 2 aromatic rings. The number of hydrogen-bond acceptors (Lipinski definition) is 7. The van der Waals surface area contributed by atoms with Crippen LogP contribution in [0.15, 0.2) is 52.0 Å². The highest BCUT2D eigenvalue weighted by Gasteiger charge is 2.29. The zero-order valence-corrected chi connectivity index (χ0v) is 19.5. The predicted molar refractivity (Wildman–Crippen MR) is 122 cm³/mol. The first kappa shape index (κ1) is 23.5. The molecule has 1 aromatic heterocycles. The van der Waals surface area contributed by atoms with Crippen molar-refractivity contribution in [3.63, 3.8) is 0 Å². The Hall–Kier alpha value is -2.66. The molecule has 0 unspecified atom stereocenters. The van der Waals surface area contributed by atoms with Crippen LogP contribution in [0.4, 0.5) is 0 Å². The van der Waals surface area contributed by atoms with E-state index in [4.69, 9.17) is 13.9 Å². The number of hydrogen-bond donors (Lipinski definition) is 0. The third-order valence-corrected chi connectivity index (χ3v) is 7.76. The van der Waals surface area contributed by atoms with Crippen LogP contribution < -0.4 is 4.74 Å². The van der Waals surface area contributed by atoms with E-state index in [1.165, 1.54) is 17.5 Å². The Balaban J connectivity index is 1.40. The van der Waals surface area contributed by atoms with Crippen LogP contribution in [-0.4, -0.2) is 88.0 Å². The van der Waals surface area contributed by atoms with E-state index < -0.39 is 10.0 Å². The zero-order valence-electron chi connectivity index (χ0n) is 18.7. The Morgan fingerprint density at radius 1 is 1.09 bits per heavy atom. The van der Waals surface area contributed by atoms with E-state index in [0.717, 1.165) is 25.4 Å². The van der Waals surface area contributed by atoms with E-state index in [9.17, 15) is 13.2 Å². The first-order valence-corrected chi connectivity index (χ1v) is 12.4. The number of furan rings is 1. The maximum absolute atomic E-state index is 13.1. The molecule has 0 atom stereocenters. The summed E-state index contributed by atoms with van der Waals surface area (Å²) < 4.78 is 43.6. The maximum Gasteiger partial charge on any atom is 0.246 e. The lowest BCUT2D eigenvalue weighted by atomic mass is 10.2. The van der Waals surface area contributed by atoms with Crippen LogP contribution in [0.3, 0.4) is 0 Å². The quantitative estimate of drug-likeness (QED) is 0.563. The van der Waals surface area contributed by atoms with Gasteiger partial charge in [0.1, 0.15) is 16.4 Å². The standard InChI is InChI=1S/C23H29N3O6S/c1-30-21-6-4-19(17-22(21)33(28,29)26-12-15-31-16-13-26)5-7-23(27)25-10-8-24(9-11-25)18-20-3-2-14-32-20/h2-7,14,17H,8-13,15-16,18H2,1H3. The summed E-state index contributed by atoms with van der Waals surface area (Å²) >= 11 is 0. The molecular weight excluding hydrogens is 446 g/mol. The molecule has 2 saturated heterocycles. The molecule has 1 aromatic carbocycles. The van der Waals surface area contributed by atoms with Crippen molar-refractivity contribution in [2.75, 3.05) is 59.6 Å². The van der Waals surface area contributed by atoms with E-state index in [1.54, 1.807) is 35.4 Å². The number of sulfonamides is 1. The molecule has 0 N–H and O–H groups in total. The molecule has 1 amide bonds. The van der Waals surface area contributed by atoms with Gasteiger partial charge in [-0.3, -0.25) is 9.69 Å². The molecule has 33 heavy (non-hydrogen) atoms. The second-order valence-electron chi connectivity index (χ2n) is 7.94. The van der Waals surface area contributed by atoms with Gasteiger partial charge in [0.15, 0.2) is 0 Å². The normalized spacial score (nSPS) is 18.6. The molecule has 4 rings (SSSR count). The number of rotatable bonds is 7. The van der Waals surface area contributed by atoms with Crippen molar-refractivity contribution in [3.05, 3.63) is 54.0 Å². The summed E-state index contributed by atoms with van der Waals surface area (Å²) in [6, 6.07) is 8.72. The second kappa shape index (κ2) is 10.5. The molecule has 2 fully saturated rings. The van der Waals surface area contributed by atoms with Crippen LogP contribution in [0.2, 0.25) is 0 Å². The Morgan fingerprint density at radius 2 is 1.85 bits per heavy atom. The summed E-state index contributed by atoms with van der Waals surface area (Å²) in [5.74, 6) is 1.09. The third kappa shape index (κ3) is 5.64. The minimum absolute atomic E-state index is 0.0908. The van der Waals surface area contributed by atoms with Crippen LogP contribution >= 0.6 is 0 Å². The number of ether oxygens (including phenoxy) is 2. The van der Waals surface area contributed by atoms with Crippen molar-refractivity contribution in [2.45, 2.75) is 11.4 Å². The Kier molecular flexibility index (Phi) is 7.49. The highest BCUT2D eigenvalue weighted by molar-refractivity contribution is 7.89. The van der Waals surface area contributed by atoms with Crippen molar-refractivity contribution >= 4 is 22.0 Å². The number of nitrogens with zero attached hydrogens (tertiary/aromatic N) is 3. The molecule has 0 radical (unpaired) electrons. The van der Waals surface area contributed by atoms with Gasteiger partial charge in [-0.1, -0.05) is 6.07 Å². The largest absolute Gasteiger partial charge is 0.495 e. The summed E-state index contributed by atoms with van der Waals surface area (Å²) in [5, 5.41) is 0. The molecule has 2 aliphatic rings. The second-order valence-corrected chi connectivity index (χ2v) is 9.85. The lowest BCUT2D eigenvalue weighted by Crippen LogP contribution is -2.47. The average molecular weight is 476 g/mol. The first-order valence-electron chi connectivity index (χ1n) is 10.9. The van der Waals surface area contributed by atoms with E-state index in [0.29, 0.717) is 45.0 Å².